The van der Waals surface area contributed by atoms with Crippen molar-refractivity contribution in [3.05, 3.63) is 24.3 Å². The summed E-state index contributed by atoms with van der Waals surface area (Å²) in [6.07, 6.45) is 50.8. The van der Waals surface area contributed by atoms with Gasteiger partial charge in [0.15, 0.2) is 0 Å². The van der Waals surface area contributed by atoms with Crippen LogP contribution < -0.4 is 5.32 Å². The molecule has 55 heavy (non-hydrogen) atoms. The van der Waals surface area contributed by atoms with Crippen molar-refractivity contribution < 1.29 is 25.2 Å². The molecule has 6 nitrogen and oxygen atoms in total. The fourth-order valence-corrected chi connectivity index (χ4v) is 7.52. The van der Waals surface area contributed by atoms with Crippen molar-refractivity contribution in [3.63, 3.8) is 0 Å². The summed E-state index contributed by atoms with van der Waals surface area (Å²) in [7, 11) is 0. The number of nitrogens with one attached hydrogen (secondary N) is 1. The van der Waals surface area contributed by atoms with E-state index in [0.717, 1.165) is 51.4 Å². The van der Waals surface area contributed by atoms with Gasteiger partial charge in [-0.15, -0.1) is 0 Å². The molecule has 0 aromatic heterocycles. The molecular formula is C49H95NO5. The van der Waals surface area contributed by atoms with E-state index in [1.54, 1.807) is 0 Å². The minimum atomic E-state index is -1.28. The Morgan fingerprint density at radius 3 is 1.09 bits per heavy atom. The molecule has 0 rings (SSSR count). The molecular weight excluding hydrogens is 683 g/mol. The molecule has 0 aliphatic rings. The van der Waals surface area contributed by atoms with Gasteiger partial charge in [0.1, 0.15) is 12.2 Å². The second-order valence-electron chi connectivity index (χ2n) is 16.8. The Morgan fingerprint density at radius 2 is 0.745 bits per heavy atom. The highest BCUT2D eigenvalue weighted by molar-refractivity contribution is 5.80. The highest BCUT2D eigenvalue weighted by atomic mass is 16.3. The van der Waals surface area contributed by atoms with Crippen LogP contribution in [0.3, 0.4) is 0 Å². The van der Waals surface area contributed by atoms with Crippen LogP contribution in [0.15, 0.2) is 24.3 Å². The van der Waals surface area contributed by atoms with Gasteiger partial charge in [0, 0.05) is 0 Å². The van der Waals surface area contributed by atoms with Crippen LogP contribution in [0.2, 0.25) is 0 Å². The zero-order valence-corrected chi connectivity index (χ0v) is 36.7. The smallest absolute Gasteiger partial charge is 0.249 e. The second kappa shape index (κ2) is 43.9. The minimum Gasteiger partial charge on any atom is -0.394 e. The van der Waals surface area contributed by atoms with Gasteiger partial charge in [0.05, 0.1) is 18.8 Å². The SMILES string of the molecule is CCCCCCCCCCC/C=C\CCCCCCC(O)C(=O)NC(CO)C(O)C(O)CCC/C=C/CCCCCCCCCCCCCCCCCCC. The van der Waals surface area contributed by atoms with Crippen molar-refractivity contribution in [3.8, 4) is 0 Å². The van der Waals surface area contributed by atoms with E-state index in [4.69, 9.17) is 0 Å². The van der Waals surface area contributed by atoms with Crippen molar-refractivity contribution in [2.45, 2.75) is 276 Å². The summed E-state index contributed by atoms with van der Waals surface area (Å²) in [5.41, 5.74) is 0. The molecule has 0 aliphatic heterocycles. The molecule has 326 valence electrons. The van der Waals surface area contributed by atoms with E-state index in [1.165, 1.54) is 173 Å². The van der Waals surface area contributed by atoms with E-state index in [0.29, 0.717) is 12.8 Å². The third-order valence-electron chi connectivity index (χ3n) is 11.4. The van der Waals surface area contributed by atoms with Crippen molar-refractivity contribution >= 4 is 5.91 Å². The predicted molar refractivity (Wildman–Crippen MR) is 237 cm³/mol. The number of carbonyl (C=O) groups excluding carboxylic acids is 1. The molecule has 1 amide bonds. The summed E-state index contributed by atoms with van der Waals surface area (Å²) in [5.74, 6) is -0.600. The van der Waals surface area contributed by atoms with Gasteiger partial charge in [-0.2, -0.15) is 0 Å². The van der Waals surface area contributed by atoms with Crippen LogP contribution in [-0.4, -0.2) is 57.3 Å². The van der Waals surface area contributed by atoms with Crippen molar-refractivity contribution in [1.29, 1.82) is 0 Å². The Hall–Kier alpha value is -1.21. The monoisotopic (exact) mass is 778 g/mol. The largest absolute Gasteiger partial charge is 0.394 e. The van der Waals surface area contributed by atoms with Gasteiger partial charge in [-0.05, 0) is 64.2 Å². The lowest BCUT2D eigenvalue weighted by Crippen LogP contribution is -2.53. The first-order chi connectivity index (χ1) is 27.0. The molecule has 4 unspecified atom stereocenters. The lowest BCUT2D eigenvalue weighted by Gasteiger charge is -2.27. The van der Waals surface area contributed by atoms with Gasteiger partial charge in [0.2, 0.25) is 5.91 Å². The van der Waals surface area contributed by atoms with Gasteiger partial charge >= 0.3 is 0 Å². The van der Waals surface area contributed by atoms with Gasteiger partial charge in [-0.1, -0.05) is 212 Å². The first-order valence-corrected chi connectivity index (χ1v) is 24.2. The van der Waals surface area contributed by atoms with E-state index < -0.39 is 36.9 Å². The third-order valence-corrected chi connectivity index (χ3v) is 11.4. The summed E-state index contributed by atoms with van der Waals surface area (Å²) < 4.78 is 0. The number of amides is 1. The first-order valence-electron chi connectivity index (χ1n) is 24.2. The molecule has 0 aliphatic carbocycles. The van der Waals surface area contributed by atoms with E-state index in [1.807, 2.05) is 0 Å². The summed E-state index contributed by atoms with van der Waals surface area (Å²) in [5, 5.41) is 43.7. The molecule has 5 N–H and O–H groups in total. The second-order valence-corrected chi connectivity index (χ2v) is 16.8. The van der Waals surface area contributed by atoms with Gasteiger partial charge in [0.25, 0.3) is 0 Å². The van der Waals surface area contributed by atoms with Gasteiger partial charge in [-0.25, -0.2) is 0 Å². The Morgan fingerprint density at radius 1 is 0.436 bits per heavy atom. The van der Waals surface area contributed by atoms with Crippen molar-refractivity contribution in [1.82, 2.24) is 5.32 Å². The maximum atomic E-state index is 12.5. The van der Waals surface area contributed by atoms with Crippen LogP contribution in [0, 0.1) is 0 Å². The lowest BCUT2D eigenvalue weighted by molar-refractivity contribution is -0.132. The number of rotatable bonds is 44. The molecule has 0 spiro atoms. The molecule has 0 fully saturated rings. The van der Waals surface area contributed by atoms with Crippen LogP contribution in [-0.2, 0) is 4.79 Å². The lowest BCUT2D eigenvalue weighted by atomic mass is 10.00. The van der Waals surface area contributed by atoms with E-state index in [-0.39, 0.29) is 0 Å². The maximum absolute atomic E-state index is 12.5. The summed E-state index contributed by atoms with van der Waals surface area (Å²) in [6, 6.07) is -1.00. The molecule has 0 saturated heterocycles. The highest BCUT2D eigenvalue weighted by Gasteiger charge is 2.28. The van der Waals surface area contributed by atoms with Crippen molar-refractivity contribution in [2.24, 2.45) is 0 Å². The van der Waals surface area contributed by atoms with Crippen LogP contribution in [0.4, 0.5) is 0 Å². The molecule has 0 bridgehead atoms. The molecule has 0 aromatic rings. The average Bonchev–Trinajstić information content (AvgIpc) is 3.19. The molecule has 0 heterocycles. The first kappa shape index (κ1) is 53.8. The highest BCUT2D eigenvalue weighted by Crippen LogP contribution is 2.16. The Balaban J connectivity index is 3.73. The Bertz CT molecular complexity index is 832. The van der Waals surface area contributed by atoms with Crippen LogP contribution in [0.25, 0.3) is 0 Å². The maximum Gasteiger partial charge on any atom is 0.249 e. The Kier molecular flexibility index (Phi) is 42.9. The van der Waals surface area contributed by atoms with Crippen LogP contribution in [0.5, 0.6) is 0 Å². The topological polar surface area (TPSA) is 110 Å². The standard InChI is InChI=1S/C49H95NO5/c1-3-5-7-9-11-13-15-17-19-21-22-23-24-25-27-28-30-32-34-36-38-40-42-46(52)48(54)45(44-51)50-49(55)47(53)43-41-39-37-35-33-31-29-26-20-18-16-14-12-10-8-6-4-2/h29,31,34,36,45-48,51-54H,3-28,30,32-33,35,37-44H2,1-2H3,(H,50,55)/b31-29-,36-34+. The molecule has 0 saturated carbocycles. The number of aliphatic hydroxyl groups excluding tert-OH is 4. The van der Waals surface area contributed by atoms with E-state index in [9.17, 15) is 25.2 Å². The number of carbonyl (C=O) groups is 1. The Labute approximate surface area is 342 Å². The van der Waals surface area contributed by atoms with Crippen molar-refractivity contribution in [2.75, 3.05) is 6.61 Å². The summed E-state index contributed by atoms with van der Waals surface area (Å²) in [6.45, 7) is 4.05. The summed E-state index contributed by atoms with van der Waals surface area (Å²) in [4.78, 5) is 12.5. The molecule has 0 aromatic carbocycles. The third kappa shape index (κ3) is 38.1. The molecule has 0 radical (unpaired) electrons. The number of unbranched alkanes of at least 4 members (excludes halogenated alkanes) is 31. The number of aliphatic hydroxyl groups is 4. The van der Waals surface area contributed by atoms with Gasteiger partial charge in [-0.3, -0.25) is 4.79 Å². The zero-order chi connectivity index (χ0) is 40.3. The molecule has 4 atom stereocenters. The van der Waals surface area contributed by atoms with Crippen LogP contribution in [0.1, 0.15) is 251 Å². The fourth-order valence-electron chi connectivity index (χ4n) is 7.52. The molecule has 6 heteroatoms. The van der Waals surface area contributed by atoms with E-state index in [2.05, 4.69) is 43.5 Å². The van der Waals surface area contributed by atoms with Gasteiger partial charge < -0.3 is 25.7 Å². The average molecular weight is 778 g/mol. The fraction of sp³-hybridized carbons (Fsp3) is 0.898. The number of hydrogen-bond donors (Lipinski definition) is 5. The van der Waals surface area contributed by atoms with E-state index >= 15 is 0 Å². The quantitative estimate of drug-likeness (QED) is 0.0313. The number of hydrogen-bond acceptors (Lipinski definition) is 5. The predicted octanol–water partition coefficient (Wildman–Crippen LogP) is 13.1. The normalized spacial score (nSPS) is 14.2. The zero-order valence-electron chi connectivity index (χ0n) is 36.7. The minimum absolute atomic E-state index is 0.350. The van der Waals surface area contributed by atoms with Crippen LogP contribution >= 0.6 is 0 Å². The number of allylic oxidation sites excluding steroid dienone is 4. The summed E-state index contributed by atoms with van der Waals surface area (Å²) >= 11 is 0.